The Morgan fingerprint density at radius 3 is 2.50 bits per heavy atom. The summed E-state index contributed by atoms with van der Waals surface area (Å²) in [6.07, 6.45) is 5.18. The summed E-state index contributed by atoms with van der Waals surface area (Å²) in [5, 5.41) is 9.25. The number of nitrogens with zero attached hydrogens (tertiary/aromatic N) is 2. The fourth-order valence-corrected chi connectivity index (χ4v) is 3.04. The molecule has 0 saturated heterocycles. The van der Waals surface area contributed by atoms with E-state index in [-0.39, 0.29) is 36.0 Å². The number of benzene rings is 1. The topological polar surface area (TPSA) is 78.9 Å². The van der Waals surface area contributed by atoms with Crippen LogP contribution in [0.3, 0.4) is 0 Å². The third-order valence-electron chi connectivity index (χ3n) is 4.43. The zero-order valence-electron chi connectivity index (χ0n) is 14.5. The van der Waals surface area contributed by atoms with E-state index in [2.05, 4.69) is 25.9 Å². The van der Waals surface area contributed by atoms with E-state index in [0.717, 1.165) is 31.5 Å². The highest BCUT2D eigenvalue weighted by molar-refractivity contribution is 5.94. The summed E-state index contributed by atoms with van der Waals surface area (Å²) in [5.74, 6) is 0.533. The summed E-state index contributed by atoms with van der Waals surface area (Å²) < 4.78 is 13.7. The molecular formula is C18H23ClFN5O. The maximum Gasteiger partial charge on any atom is 0.254 e. The fourth-order valence-electron chi connectivity index (χ4n) is 3.04. The molecule has 0 spiro atoms. The molecule has 1 aliphatic carbocycles. The first kappa shape index (κ1) is 19.9. The molecule has 1 aromatic carbocycles. The third-order valence-corrected chi connectivity index (χ3v) is 4.43. The van der Waals surface area contributed by atoms with E-state index >= 15 is 0 Å². The van der Waals surface area contributed by atoms with Gasteiger partial charge in [-0.1, -0.05) is 12.1 Å². The number of aromatic nitrogens is 2. The minimum atomic E-state index is -0.489. The van der Waals surface area contributed by atoms with E-state index in [1.165, 1.54) is 12.1 Å². The zero-order chi connectivity index (χ0) is 17.6. The summed E-state index contributed by atoms with van der Waals surface area (Å²) >= 11 is 0. The second kappa shape index (κ2) is 9.33. The summed E-state index contributed by atoms with van der Waals surface area (Å²) in [5.41, 5.74) is 0.0972. The second-order valence-electron chi connectivity index (χ2n) is 6.16. The van der Waals surface area contributed by atoms with Crippen molar-refractivity contribution in [1.29, 1.82) is 0 Å². The molecule has 0 unspecified atom stereocenters. The van der Waals surface area contributed by atoms with Crippen molar-refractivity contribution < 1.29 is 9.18 Å². The number of hydrogen-bond acceptors (Lipinski definition) is 5. The fraction of sp³-hybridized carbons (Fsp3) is 0.389. The van der Waals surface area contributed by atoms with Gasteiger partial charge in [-0.3, -0.25) is 4.79 Å². The SMILES string of the molecule is CNc1ccnc(NC2CCC(NC(=O)c3ccccc3F)CC2)n1.Cl. The molecule has 26 heavy (non-hydrogen) atoms. The van der Waals surface area contributed by atoms with Gasteiger partial charge >= 0.3 is 0 Å². The Hall–Kier alpha value is -2.41. The molecule has 1 saturated carbocycles. The molecule has 140 valence electrons. The van der Waals surface area contributed by atoms with Gasteiger partial charge in [0.25, 0.3) is 5.91 Å². The average molecular weight is 380 g/mol. The monoisotopic (exact) mass is 379 g/mol. The van der Waals surface area contributed by atoms with Crippen LogP contribution in [0, 0.1) is 5.82 Å². The lowest BCUT2D eigenvalue weighted by atomic mass is 9.91. The van der Waals surface area contributed by atoms with Crippen molar-refractivity contribution in [1.82, 2.24) is 15.3 Å². The van der Waals surface area contributed by atoms with Crippen LogP contribution in [0.2, 0.25) is 0 Å². The highest BCUT2D eigenvalue weighted by atomic mass is 35.5. The third kappa shape index (κ3) is 5.05. The Morgan fingerprint density at radius 1 is 1.12 bits per heavy atom. The zero-order valence-corrected chi connectivity index (χ0v) is 15.4. The smallest absolute Gasteiger partial charge is 0.254 e. The van der Waals surface area contributed by atoms with Gasteiger partial charge in [0.1, 0.15) is 11.6 Å². The Bertz CT molecular complexity index is 737. The highest BCUT2D eigenvalue weighted by Crippen LogP contribution is 2.22. The number of carbonyl (C=O) groups is 1. The van der Waals surface area contributed by atoms with Crippen LogP contribution in [0.15, 0.2) is 36.5 Å². The van der Waals surface area contributed by atoms with Crippen LogP contribution in [0.5, 0.6) is 0 Å². The van der Waals surface area contributed by atoms with Gasteiger partial charge in [-0.15, -0.1) is 12.4 Å². The van der Waals surface area contributed by atoms with Gasteiger partial charge in [0.2, 0.25) is 5.95 Å². The largest absolute Gasteiger partial charge is 0.373 e. The Morgan fingerprint density at radius 2 is 1.81 bits per heavy atom. The average Bonchev–Trinajstić information content (AvgIpc) is 2.64. The molecule has 0 aliphatic heterocycles. The number of halogens is 2. The summed E-state index contributed by atoms with van der Waals surface area (Å²) in [6.45, 7) is 0. The number of nitrogens with one attached hydrogen (secondary N) is 3. The molecule has 0 bridgehead atoms. The molecular weight excluding hydrogens is 357 g/mol. The predicted octanol–water partition coefficient (Wildman–Crippen LogP) is 3.23. The van der Waals surface area contributed by atoms with E-state index in [0.29, 0.717) is 5.95 Å². The summed E-state index contributed by atoms with van der Waals surface area (Å²) in [6, 6.07) is 8.19. The normalized spacial score (nSPS) is 19.2. The maximum absolute atomic E-state index is 13.7. The van der Waals surface area contributed by atoms with Crippen LogP contribution in [0.4, 0.5) is 16.2 Å². The first-order chi connectivity index (χ1) is 12.2. The van der Waals surface area contributed by atoms with Crippen molar-refractivity contribution >= 4 is 30.1 Å². The van der Waals surface area contributed by atoms with Crippen molar-refractivity contribution in [3.63, 3.8) is 0 Å². The summed E-state index contributed by atoms with van der Waals surface area (Å²) in [7, 11) is 1.82. The van der Waals surface area contributed by atoms with E-state index < -0.39 is 5.82 Å². The van der Waals surface area contributed by atoms with Gasteiger partial charge in [-0.25, -0.2) is 9.37 Å². The minimum absolute atomic E-state index is 0. The van der Waals surface area contributed by atoms with Crippen molar-refractivity contribution in [2.24, 2.45) is 0 Å². The lowest BCUT2D eigenvalue weighted by molar-refractivity contribution is 0.0922. The highest BCUT2D eigenvalue weighted by Gasteiger charge is 2.24. The van der Waals surface area contributed by atoms with Gasteiger partial charge < -0.3 is 16.0 Å². The second-order valence-corrected chi connectivity index (χ2v) is 6.16. The Kier molecular flexibility index (Phi) is 7.15. The van der Waals surface area contributed by atoms with Crippen molar-refractivity contribution in [2.45, 2.75) is 37.8 Å². The summed E-state index contributed by atoms with van der Waals surface area (Å²) in [4.78, 5) is 20.8. The Labute approximate surface area is 158 Å². The number of hydrogen-bond donors (Lipinski definition) is 3. The van der Waals surface area contributed by atoms with Gasteiger partial charge in [0.05, 0.1) is 5.56 Å². The molecule has 3 N–H and O–H groups in total. The van der Waals surface area contributed by atoms with Crippen LogP contribution < -0.4 is 16.0 Å². The molecule has 1 amide bonds. The lowest BCUT2D eigenvalue weighted by Crippen LogP contribution is -2.40. The molecule has 6 nitrogen and oxygen atoms in total. The molecule has 8 heteroatoms. The molecule has 0 radical (unpaired) electrons. The molecule has 3 rings (SSSR count). The predicted molar refractivity (Wildman–Crippen MR) is 102 cm³/mol. The standard InChI is InChI=1S/C18H22FN5O.ClH/c1-20-16-10-11-21-18(24-16)23-13-8-6-12(7-9-13)22-17(25)14-4-2-3-5-15(14)19;/h2-5,10-13H,6-9H2,1H3,(H,22,25)(H2,20,21,23,24);1H. The maximum atomic E-state index is 13.7. The van der Waals surface area contributed by atoms with E-state index in [4.69, 9.17) is 0 Å². The molecule has 0 atom stereocenters. The molecule has 1 aromatic heterocycles. The quantitative estimate of drug-likeness (QED) is 0.743. The molecule has 1 heterocycles. The van der Waals surface area contributed by atoms with Gasteiger partial charge in [-0.2, -0.15) is 4.98 Å². The van der Waals surface area contributed by atoms with Crippen molar-refractivity contribution in [2.75, 3.05) is 17.7 Å². The molecule has 1 fully saturated rings. The van der Waals surface area contributed by atoms with Gasteiger partial charge in [0, 0.05) is 25.3 Å². The van der Waals surface area contributed by atoms with Crippen molar-refractivity contribution in [3.05, 3.63) is 47.9 Å². The first-order valence-electron chi connectivity index (χ1n) is 8.48. The van der Waals surface area contributed by atoms with Gasteiger partial charge in [-0.05, 0) is 43.9 Å². The van der Waals surface area contributed by atoms with Crippen LogP contribution in [-0.2, 0) is 0 Å². The number of amides is 1. The van der Waals surface area contributed by atoms with E-state index in [1.54, 1.807) is 24.4 Å². The molecule has 2 aromatic rings. The first-order valence-corrected chi connectivity index (χ1v) is 8.48. The van der Waals surface area contributed by atoms with E-state index in [9.17, 15) is 9.18 Å². The molecule has 1 aliphatic rings. The van der Waals surface area contributed by atoms with Crippen LogP contribution in [0.25, 0.3) is 0 Å². The number of carbonyl (C=O) groups excluding carboxylic acids is 1. The van der Waals surface area contributed by atoms with Gasteiger partial charge in [0.15, 0.2) is 0 Å². The number of anilines is 2. The van der Waals surface area contributed by atoms with Crippen LogP contribution in [0.1, 0.15) is 36.0 Å². The number of rotatable bonds is 5. The van der Waals surface area contributed by atoms with E-state index in [1.807, 2.05) is 7.05 Å². The van der Waals surface area contributed by atoms with Crippen LogP contribution in [-0.4, -0.2) is 35.0 Å². The van der Waals surface area contributed by atoms with Crippen LogP contribution >= 0.6 is 12.4 Å². The lowest BCUT2D eigenvalue weighted by Gasteiger charge is -2.29. The van der Waals surface area contributed by atoms with Crippen molar-refractivity contribution in [3.8, 4) is 0 Å². The minimum Gasteiger partial charge on any atom is -0.373 e. The Balaban J connectivity index is 0.00000243.